The Morgan fingerprint density at radius 2 is 1.65 bits per heavy atom. The van der Waals surface area contributed by atoms with Crippen LogP contribution in [0.2, 0.25) is 5.02 Å². The van der Waals surface area contributed by atoms with Gasteiger partial charge in [-0.2, -0.15) is 26.3 Å². The van der Waals surface area contributed by atoms with E-state index in [2.05, 4.69) is 10.2 Å². The molecule has 3 aromatic rings. The normalized spacial score (nSPS) is 20.1. The van der Waals surface area contributed by atoms with Gasteiger partial charge in [0.05, 0.1) is 36.7 Å². The monoisotopic (exact) mass is 589 g/mol. The Morgan fingerprint density at radius 1 is 0.925 bits per heavy atom. The van der Waals surface area contributed by atoms with Crippen molar-refractivity contribution < 1.29 is 35.5 Å². The molecule has 2 fully saturated rings. The van der Waals surface area contributed by atoms with Gasteiger partial charge in [-0.1, -0.05) is 17.7 Å². The molecule has 2 aromatic carbocycles. The van der Waals surface area contributed by atoms with Crippen LogP contribution in [-0.4, -0.2) is 57.7 Å². The zero-order chi connectivity index (χ0) is 28.4. The maximum absolute atomic E-state index is 14.8. The minimum Gasteiger partial charge on any atom is -0.377 e. The van der Waals surface area contributed by atoms with Crippen molar-refractivity contribution in [1.29, 1.82) is 0 Å². The summed E-state index contributed by atoms with van der Waals surface area (Å²) < 4.78 is 104. The molecule has 4 heterocycles. The number of rotatable bonds is 3. The summed E-state index contributed by atoms with van der Waals surface area (Å²) in [6, 6.07) is 8.22. The number of aromatic nitrogens is 3. The van der Waals surface area contributed by atoms with Crippen molar-refractivity contribution in [3.8, 4) is 5.69 Å². The molecular weight excluding hydrogens is 567 g/mol. The molecule has 6 nitrogen and oxygen atoms in total. The largest absolute Gasteiger partial charge is 0.419 e. The van der Waals surface area contributed by atoms with Crippen molar-refractivity contribution in [3.63, 3.8) is 0 Å². The predicted molar refractivity (Wildman–Crippen MR) is 131 cm³/mol. The van der Waals surface area contributed by atoms with Gasteiger partial charge in [-0.05, 0) is 48.7 Å². The number of nitrogens with zero attached hydrogens (tertiary/aromatic N) is 5. The maximum Gasteiger partial charge on any atom is 0.419 e. The molecule has 3 aliphatic heterocycles. The number of anilines is 1. The third kappa shape index (κ3) is 4.42. The van der Waals surface area contributed by atoms with E-state index in [0.717, 1.165) is 0 Å². The number of fused-ring (bicyclic) bond motifs is 3. The van der Waals surface area contributed by atoms with Crippen LogP contribution in [0.4, 0.5) is 36.4 Å². The van der Waals surface area contributed by atoms with Gasteiger partial charge < -0.3 is 9.64 Å². The summed E-state index contributed by atoms with van der Waals surface area (Å²) in [4.78, 5) is 2.88. The van der Waals surface area contributed by atoms with E-state index < -0.39 is 42.5 Å². The lowest BCUT2D eigenvalue weighted by Gasteiger charge is -2.49. The van der Waals surface area contributed by atoms with Gasteiger partial charge in [0.2, 0.25) is 0 Å². The molecule has 0 saturated carbocycles. The molecule has 3 aliphatic rings. The van der Waals surface area contributed by atoms with Gasteiger partial charge in [0.15, 0.2) is 17.2 Å². The third-order valence-corrected chi connectivity index (χ3v) is 8.27. The summed E-state index contributed by atoms with van der Waals surface area (Å²) in [6.07, 6.45) is -8.48. The van der Waals surface area contributed by atoms with Crippen LogP contribution in [0.15, 0.2) is 36.4 Å². The molecule has 40 heavy (non-hydrogen) atoms. The highest BCUT2D eigenvalue weighted by Crippen LogP contribution is 2.45. The first-order valence-electron chi connectivity index (χ1n) is 12.6. The lowest BCUT2D eigenvalue weighted by atomic mass is 9.93. The average Bonchev–Trinajstić information content (AvgIpc) is 3.18. The Kier molecular flexibility index (Phi) is 6.54. The van der Waals surface area contributed by atoms with E-state index >= 15 is 0 Å². The van der Waals surface area contributed by atoms with Gasteiger partial charge in [-0.15, -0.1) is 10.2 Å². The number of benzene rings is 2. The number of halogens is 8. The molecule has 0 N–H and O–H groups in total. The molecule has 0 atom stereocenters. The van der Waals surface area contributed by atoms with Gasteiger partial charge >= 0.3 is 12.4 Å². The minimum atomic E-state index is -4.81. The Bertz CT molecular complexity index is 1430. The van der Waals surface area contributed by atoms with E-state index in [1.807, 2.05) is 0 Å². The van der Waals surface area contributed by atoms with Gasteiger partial charge in [-0.25, -0.2) is 4.39 Å². The Labute approximate surface area is 229 Å². The van der Waals surface area contributed by atoms with Crippen molar-refractivity contribution in [2.45, 2.75) is 49.7 Å². The second-order valence-corrected chi connectivity index (χ2v) is 10.8. The number of hydrogen-bond donors (Lipinski definition) is 0. The van der Waals surface area contributed by atoms with Crippen molar-refractivity contribution >= 4 is 17.3 Å². The summed E-state index contributed by atoms with van der Waals surface area (Å²) in [7, 11) is 0. The molecule has 0 unspecified atom stereocenters. The quantitative estimate of drug-likeness (QED) is 0.345. The molecule has 0 amide bonds. The molecule has 0 bridgehead atoms. The van der Waals surface area contributed by atoms with Crippen molar-refractivity contribution in [1.82, 2.24) is 19.7 Å². The third-order valence-electron chi connectivity index (χ3n) is 8.03. The minimum absolute atomic E-state index is 0.0329. The second-order valence-electron chi connectivity index (χ2n) is 10.4. The van der Waals surface area contributed by atoms with Crippen LogP contribution in [0, 0.1) is 5.82 Å². The predicted octanol–water partition coefficient (Wildman–Crippen LogP) is 6.11. The smallest absolute Gasteiger partial charge is 0.377 e. The molecule has 2 saturated heterocycles. The first-order chi connectivity index (χ1) is 18.9. The fraction of sp³-hybridized carbons (Fsp3) is 0.462. The Hall–Kier alpha value is -2.90. The van der Waals surface area contributed by atoms with E-state index in [-0.39, 0.29) is 37.8 Å². The number of hydrogen-bond acceptors (Lipinski definition) is 5. The van der Waals surface area contributed by atoms with E-state index in [0.29, 0.717) is 46.8 Å². The van der Waals surface area contributed by atoms with E-state index in [9.17, 15) is 30.7 Å². The molecule has 6 rings (SSSR count). The average molecular weight is 590 g/mol. The summed E-state index contributed by atoms with van der Waals surface area (Å²) in [5.74, 6) is -0.646. The Balaban J connectivity index is 1.31. The molecule has 1 aromatic heterocycles. The van der Waals surface area contributed by atoms with Crippen LogP contribution in [0.1, 0.15) is 41.5 Å². The molecular formula is C26H23ClF7N5O. The van der Waals surface area contributed by atoms with Crippen LogP contribution in [0.5, 0.6) is 0 Å². The van der Waals surface area contributed by atoms with Gasteiger partial charge in [0, 0.05) is 30.6 Å². The zero-order valence-corrected chi connectivity index (χ0v) is 21.6. The van der Waals surface area contributed by atoms with E-state index in [1.54, 1.807) is 27.7 Å². The highest BCUT2D eigenvalue weighted by Gasteiger charge is 2.64. The van der Waals surface area contributed by atoms with Gasteiger partial charge in [0.25, 0.3) is 0 Å². The zero-order valence-electron chi connectivity index (χ0n) is 20.9. The van der Waals surface area contributed by atoms with E-state index in [1.165, 1.54) is 17.0 Å². The summed E-state index contributed by atoms with van der Waals surface area (Å²) in [6.45, 7) is -0.611. The lowest BCUT2D eigenvalue weighted by Crippen LogP contribution is -2.69. The van der Waals surface area contributed by atoms with Crippen LogP contribution >= 0.6 is 11.6 Å². The van der Waals surface area contributed by atoms with Crippen molar-refractivity contribution in [2.24, 2.45) is 0 Å². The summed E-state index contributed by atoms with van der Waals surface area (Å²) >= 11 is 6.23. The summed E-state index contributed by atoms with van der Waals surface area (Å²) in [5, 5.41) is 9.02. The topological polar surface area (TPSA) is 46.4 Å². The van der Waals surface area contributed by atoms with Crippen LogP contribution in [0.3, 0.4) is 0 Å². The maximum atomic E-state index is 14.8. The number of piperidine rings is 1. The fourth-order valence-electron chi connectivity index (χ4n) is 5.78. The fourth-order valence-corrected chi connectivity index (χ4v) is 5.97. The van der Waals surface area contributed by atoms with Gasteiger partial charge in [-0.3, -0.25) is 9.47 Å². The van der Waals surface area contributed by atoms with Crippen LogP contribution in [-0.2, 0) is 24.0 Å². The Morgan fingerprint density at radius 3 is 2.27 bits per heavy atom. The van der Waals surface area contributed by atoms with Crippen LogP contribution in [0.25, 0.3) is 5.69 Å². The molecule has 0 radical (unpaired) electrons. The molecule has 0 spiro atoms. The molecule has 14 heteroatoms. The summed E-state index contributed by atoms with van der Waals surface area (Å²) in [5.41, 5.74) is -2.40. The molecule has 0 aliphatic carbocycles. The second kappa shape index (κ2) is 9.59. The molecule has 214 valence electrons. The highest BCUT2D eigenvalue weighted by atomic mass is 35.5. The number of alkyl halides is 6. The standard InChI is InChI=1S/C26H23ClF7N5O/c27-17-4-5-19-16(10-17)11-38(24(13-40-14-24)26(32,33)34)12-21-35-36-23(39(19)21)15-6-8-37(9-7-15)20-3-1-2-18(22(20)28)25(29,30)31/h1-5,10,15H,6-9,11-14H2. The van der Waals surface area contributed by atoms with Crippen molar-refractivity contribution in [3.05, 3.63) is 70.0 Å². The highest BCUT2D eigenvalue weighted by molar-refractivity contribution is 6.30. The van der Waals surface area contributed by atoms with Gasteiger partial charge in [0.1, 0.15) is 5.82 Å². The first kappa shape index (κ1) is 27.3. The van der Waals surface area contributed by atoms with E-state index in [4.69, 9.17) is 16.3 Å². The number of ether oxygens (including phenoxy) is 1. The lowest BCUT2D eigenvalue weighted by molar-refractivity contribution is -0.310. The first-order valence-corrected chi connectivity index (χ1v) is 13.0. The SMILES string of the molecule is Fc1c(N2CCC(c3nnc4n3-c3ccc(Cl)cc3CN(C3(C(F)(F)F)COC3)C4)CC2)cccc1C(F)(F)F. The van der Waals surface area contributed by atoms with Crippen LogP contribution < -0.4 is 4.90 Å². The van der Waals surface area contributed by atoms with Crippen molar-refractivity contribution in [2.75, 3.05) is 31.2 Å².